The van der Waals surface area contributed by atoms with Gasteiger partial charge in [-0.05, 0) is 23.6 Å². The first kappa shape index (κ1) is 10.1. The lowest BCUT2D eigenvalue weighted by atomic mass is 10.2. The molecule has 0 bridgehead atoms. The van der Waals surface area contributed by atoms with Gasteiger partial charge in [0.1, 0.15) is 0 Å². The first-order chi connectivity index (χ1) is 6.22. The highest BCUT2D eigenvalue weighted by molar-refractivity contribution is 5.44. The lowest BCUT2D eigenvalue weighted by molar-refractivity contribution is 0.282. The van der Waals surface area contributed by atoms with Gasteiger partial charge in [-0.2, -0.15) is 0 Å². The van der Waals surface area contributed by atoms with Crippen LogP contribution in [0.2, 0.25) is 0 Å². The van der Waals surface area contributed by atoms with E-state index >= 15 is 0 Å². The van der Waals surface area contributed by atoms with Crippen molar-refractivity contribution in [1.82, 2.24) is 0 Å². The maximum atomic E-state index is 8.83. The Kier molecular flexibility index (Phi) is 3.77. The molecular weight excluding hydrogens is 162 g/mol. The highest BCUT2D eigenvalue weighted by Crippen LogP contribution is 2.09. The third-order valence-electron chi connectivity index (χ3n) is 1.85. The van der Waals surface area contributed by atoms with Crippen molar-refractivity contribution in [2.24, 2.45) is 5.92 Å². The number of hydrogen-bond acceptors (Lipinski definition) is 2. The molecule has 13 heavy (non-hydrogen) atoms. The Bertz CT molecular complexity index is 241. The molecule has 0 radical (unpaired) electrons. The molecule has 2 N–H and O–H groups in total. The van der Waals surface area contributed by atoms with Crippen LogP contribution in [-0.4, -0.2) is 11.7 Å². The summed E-state index contributed by atoms with van der Waals surface area (Å²) in [6.07, 6.45) is 0. The normalized spacial score (nSPS) is 10.5. The van der Waals surface area contributed by atoms with Crippen LogP contribution in [0.15, 0.2) is 24.3 Å². The second-order valence-corrected chi connectivity index (χ2v) is 3.63. The fraction of sp³-hybridized carbons (Fsp3) is 0.455. The van der Waals surface area contributed by atoms with Gasteiger partial charge < -0.3 is 10.4 Å². The van der Waals surface area contributed by atoms with Crippen LogP contribution in [0.25, 0.3) is 0 Å². The van der Waals surface area contributed by atoms with E-state index in [9.17, 15) is 0 Å². The first-order valence-electron chi connectivity index (χ1n) is 4.66. The number of benzene rings is 1. The van der Waals surface area contributed by atoms with Crippen LogP contribution >= 0.6 is 0 Å². The van der Waals surface area contributed by atoms with E-state index in [1.807, 2.05) is 24.3 Å². The van der Waals surface area contributed by atoms with E-state index in [-0.39, 0.29) is 6.61 Å². The minimum absolute atomic E-state index is 0.116. The summed E-state index contributed by atoms with van der Waals surface area (Å²) in [5.41, 5.74) is 2.07. The minimum Gasteiger partial charge on any atom is -0.392 e. The van der Waals surface area contributed by atoms with E-state index in [4.69, 9.17) is 5.11 Å². The number of nitrogens with one attached hydrogen (secondary N) is 1. The lowest BCUT2D eigenvalue weighted by Gasteiger charge is -2.08. The molecule has 1 aromatic rings. The molecule has 1 aromatic carbocycles. The van der Waals surface area contributed by atoms with E-state index in [1.165, 1.54) is 0 Å². The lowest BCUT2D eigenvalue weighted by Crippen LogP contribution is -2.07. The Morgan fingerprint density at radius 1 is 1.23 bits per heavy atom. The van der Waals surface area contributed by atoms with Crippen molar-refractivity contribution >= 4 is 5.69 Å². The summed E-state index contributed by atoms with van der Waals surface area (Å²) in [6.45, 7) is 5.45. The van der Waals surface area contributed by atoms with E-state index in [0.717, 1.165) is 17.8 Å². The van der Waals surface area contributed by atoms with Gasteiger partial charge in [0.15, 0.2) is 0 Å². The van der Waals surface area contributed by atoms with E-state index in [1.54, 1.807) is 0 Å². The number of aliphatic hydroxyl groups is 1. The molecule has 1 rings (SSSR count). The average molecular weight is 179 g/mol. The first-order valence-corrected chi connectivity index (χ1v) is 4.66. The summed E-state index contributed by atoms with van der Waals surface area (Å²) < 4.78 is 0. The highest BCUT2D eigenvalue weighted by atomic mass is 16.3. The van der Waals surface area contributed by atoms with Gasteiger partial charge in [-0.3, -0.25) is 0 Å². The number of aliphatic hydroxyl groups excluding tert-OH is 1. The molecule has 2 nitrogen and oxygen atoms in total. The van der Waals surface area contributed by atoms with Gasteiger partial charge in [-0.25, -0.2) is 0 Å². The summed E-state index contributed by atoms with van der Waals surface area (Å²) in [4.78, 5) is 0. The predicted molar refractivity (Wildman–Crippen MR) is 55.7 cm³/mol. The number of rotatable bonds is 4. The van der Waals surface area contributed by atoms with Gasteiger partial charge >= 0.3 is 0 Å². The summed E-state index contributed by atoms with van der Waals surface area (Å²) in [7, 11) is 0. The van der Waals surface area contributed by atoms with E-state index < -0.39 is 0 Å². The highest BCUT2D eigenvalue weighted by Gasteiger charge is 1.94. The molecular formula is C11H17NO. The minimum atomic E-state index is 0.116. The van der Waals surface area contributed by atoms with E-state index in [2.05, 4.69) is 19.2 Å². The second-order valence-electron chi connectivity index (χ2n) is 3.63. The van der Waals surface area contributed by atoms with Crippen molar-refractivity contribution in [1.29, 1.82) is 0 Å². The van der Waals surface area contributed by atoms with Crippen molar-refractivity contribution in [3.8, 4) is 0 Å². The van der Waals surface area contributed by atoms with Crippen LogP contribution in [0.4, 0.5) is 5.69 Å². The summed E-state index contributed by atoms with van der Waals surface area (Å²) in [5.74, 6) is 0.650. The summed E-state index contributed by atoms with van der Waals surface area (Å²) in [5, 5.41) is 12.1. The van der Waals surface area contributed by atoms with E-state index in [0.29, 0.717) is 5.92 Å². The standard InChI is InChI=1S/C11H17NO/c1-9(2)7-12-11-5-3-10(8-13)4-6-11/h3-6,9,12-13H,7-8H2,1-2H3. The molecule has 0 aromatic heterocycles. The molecule has 0 atom stereocenters. The molecule has 0 saturated heterocycles. The third kappa shape index (κ3) is 3.47. The fourth-order valence-corrected chi connectivity index (χ4v) is 1.05. The Hall–Kier alpha value is -1.02. The van der Waals surface area contributed by atoms with Crippen LogP contribution in [0.5, 0.6) is 0 Å². The van der Waals surface area contributed by atoms with Gasteiger partial charge in [-0.1, -0.05) is 26.0 Å². The Labute approximate surface area is 79.6 Å². The SMILES string of the molecule is CC(C)CNc1ccc(CO)cc1. The largest absolute Gasteiger partial charge is 0.392 e. The topological polar surface area (TPSA) is 32.3 Å². The number of anilines is 1. The molecule has 0 spiro atoms. The molecule has 0 unspecified atom stereocenters. The second kappa shape index (κ2) is 4.87. The summed E-state index contributed by atoms with van der Waals surface area (Å²) >= 11 is 0. The van der Waals surface area contributed by atoms with Crippen molar-refractivity contribution < 1.29 is 5.11 Å². The van der Waals surface area contributed by atoms with Crippen molar-refractivity contribution in [3.05, 3.63) is 29.8 Å². The Balaban J connectivity index is 2.49. The van der Waals surface area contributed by atoms with Gasteiger partial charge in [0, 0.05) is 12.2 Å². The van der Waals surface area contributed by atoms with Crippen molar-refractivity contribution in [2.75, 3.05) is 11.9 Å². The van der Waals surface area contributed by atoms with Gasteiger partial charge in [0.05, 0.1) is 6.61 Å². The van der Waals surface area contributed by atoms with Gasteiger partial charge in [0.25, 0.3) is 0 Å². The Morgan fingerprint density at radius 2 is 1.85 bits per heavy atom. The zero-order valence-corrected chi connectivity index (χ0v) is 8.25. The molecule has 0 fully saturated rings. The molecule has 0 saturated carbocycles. The zero-order valence-electron chi connectivity index (χ0n) is 8.25. The van der Waals surface area contributed by atoms with Crippen LogP contribution < -0.4 is 5.32 Å². The summed E-state index contributed by atoms with van der Waals surface area (Å²) in [6, 6.07) is 7.85. The number of hydrogen-bond donors (Lipinski definition) is 2. The molecule has 72 valence electrons. The van der Waals surface area contributed by atoms with Crippen molar-refractivity contribution in [2.45, 2.75) is 20.5 Å². The molecule has 2 heteroatoms. The smallest absolute Gasteiger partial charge is 0.0681 e. The molecule has 0 amide bonds. The third-order valence-corrected chi connectivity index (χ3v) is 1.85. The monoisotopic (exact) mass is 179 g/mol. The van der Waals surface area contributed by atoms with Crippen LogP contribution in [0.1, 0.15) is 19.4 Å². The predicted octanol–water partition coefficient (Wildman–Crippen LogP) is 2.25. The van der Waals surface area contributed by atoms with Crippen LogP contribution in [0, 0.1) is 5.92 Å². The maximum absolute atomic E-state index is 8.83. The van der Waals surface area contributed by atoms with Crippen LogP contribution in [0.3, 0.4) is 0 Å². The molecule has 0 aliphatic carbocycles. The zero-order chi connectivity index (χ0) is 9.68. The molecule has 0 aliphatic rings. The fourth-order valence-electron chi connectivity index (χ4n) is 1.05. The van der Waals surface area contributed by atoms with Crippen molar-refractivity contribution in [3.63, 3.8) is 0 Å². The van der Waals surface area contributed by atoms with Crippen LogP contribution in [-0.2, 0) is 6.61 Å². The van der Waals surface area contributed by atoms with Gasteiger partial charge in [-0.15, -0.1) is 0 Å². The maximum Gasteiger partial charge on any atom is 0.0681 e. The average Bonchev–Trinajstić information content (AvgIpc) is 2.15. The molecule has 0 heterocycles. The molecule has 0 aliphatic heterocycles. The quantitative estimate of drug-likeness (QED) is 0.743. The van der Waals surface area contributed by atoms with Gasteiger partial charge in [0.2, 0.25) is 0 Å². The Morgan fingerprint density at radius 3 is 2.31 bits per heavy atom.